The summed E-state index contributed by atoms with van der Waals surface area (Å²) in [6.07, 6.45) is 1.67. The molecule has 0 bridgehead atoms. The first-order chi connectivity index (χ1) is 19.9. The van der Waals surface area contributed by atoms with Crippen LogP contribution in [-0.2, 0) is 32.6 Å². The van der Waals surface area contributed by atoms with Crippen molar-refractivity contribution >= 4 is 50.7 Å². The number of amides is 2. The molecule has 7 nitrogen and oxygen atoms in total. The van der Waals surface area contributed by atoms with Gasteiger partial charge in [-0.05, 0) is 54.2 Å². The van der Waals surface area contributed by atoms with Crippen LogP contribution in [0.2, 0.25) is 10.0 Å². The zero-order chi connectivity index (χ0) is 30.9. The van der Waals surface area contributed by atoms with Crippen molar-refractivity contribution in [3.8, 4) is 0 Å². The van der Waals surface area contributed by atoms with E-state index >= 15 is 0 Å². The van der Waals surface area contributed by atoms with Gasteiger partial charge in [0, 0.05) is 37.5 Å². The van der Waals surface area contributed by atoms with Crippen molar-refractivity contribution in [1.29, 1.82) is 0 Å². The first-order valence-corrected chi connectivity index (χ1v) is 16.6. The van der Waals surface area contributed by atoms with Gasteiger partial charge in [0.2, 0.25) is 21.8 Å². The van der Waals surface area contributed by atoms with Gasteiger partial charge in [-0.2, -0.15) is 0 Å². The van der Waals surface area contributed by atoms with Crippen LogP contribution in [0.1, 0.15) is 43.4 Å². The summed E-state index contributed by atoms with van der Waals surface area (Å²) < 4.78 is 26.5. The molecule has 0 aliphatic rings. The number of anilines is 1. The van der Waals surface area contributed by atoms with E-state index in [1.54, 1.807) is 11.0 Å². The van der Waals surface area contributed by atoms with E-state index in [2.05, 4.69) is 5.32 Å². The zero-order valence-electron chi connectivity index (χ0n) is 24.5. The van der Waals surface area contributed by atoms with Crippen LogP contribution in [0, 0.1) is 12.8 Å². The fourth-order valence-corrected chi connectivity index (χ4v) is 6.01. The van der Waals surface area contributed by atoms with Crippen LogP contribution < -0.4 is 9.62 Å². The molecule has 0 radical (unpaired) electrons. The monoisotopic (exact) mass is 631 g/mol. The lowest BCUT2D eigenvalue weighted by Gasteiger charge is -2.32. The van der Waals surface area contributed by atoms with Gasteiger partial charge in [0.05, 0.1) is 17.0 Å². The highest BCUT2D eigenvalue weighted by molar-refractivity contribution is 7.92. The molecule has 2 amide bonds. The van der Waals surface area contributed by atoms with Crippen LogP contribution >= 0.6 is 23.2 Å². The lowest BCUT2D eigenvalue weighted by atomic mass is 10.0. The van der Waals surface area contributed by atoms with Gasteiger partial charge in [0.1, 0.15) is 6.04 Å². The number of carbonyl (C=O) groups excluding carboxylic acids is 2. The summed E-state index contributed by atoms with van der Waals surface area (Å²) in [5, 5.41) is 3.60. The number of halogens is 2. The van der Waals surface area contributed by atoms with Crippen LogP contribution in [-0.4, -0.2) is 50.5 Å². The molecule has 0 saturated carbocycles. The second kappa shape index (κ2) is 15.4. The van der Waals surface area contributed by atoms with E-state index in [0.29, 0.717) is 18.0 Å². The smallest absolute Gasteiger partial charge is 0.243 e. The Balaban J connectivity index is 1.91. The molecule has 1 N–H and O–H groups in total. The highest BCUT2D eigenvalue weighted by Crippen LogP contribution is 2.31. The predicted octanol–water partition coefficient (Wildman–Crippen LogP) is 6.26. The quantitative estimate of drug-likeness (QED) is 0.227. The standard InChI is InChI=1S/C32H39Cl2N3O4S/c1-23(2)21-35-32(39)30(19-25-12-6-5-7-13-25)36(22-26-14-9-8-11-24(26)3)31(38)15-10-18-37(42(4,40)41)29-20-27(33)16-17-28(29)34/h5-9,11-14,16-17,20,23,30H,10,15,18-19,21-22H2,1-4H3,(H,35,39)/t30-/m1/s1. The molecule has 1 atom stereocenters. The minimum absolute atomic E-state index is 0.0196. The Hall–Kier alpha value is -3.07. The lowest BCUT2D eigenvalue weighted by molar-refractivity contribution is -0.141. The molecule has 0 aliphatic heterocycles. The first-order valence-electron chi connectivity index (χ1n) is 13.9. The van der Waals surface area contributed by atoms with Crippen LogP contribution in [0.5, 0.6) is 0 Å². The molecular weight excluding hydrogens is 593 g/mol. The van der Waals surface area contributed by atoms with E-state index in [0.717, 1.165) is 27.3 Å². The number of aryl methyl sites for hydroxylation is 1. The Morgan fingerprint density at radius 3 is 2.26 bits per heavy atom. The Bertz CT molecular complexity index is 1470. The molecule has 0 aliphatic carbocycles. The Morgan fingerprint density at radius 1 is 0.952 bits per heavy atom. The predicted molar refractivity (Wildman–Crippen MR) is 171 cm³/mol. The van der Waals surface area contributed by atoms with Crippen molar-refractivity contribution in [2.75, 3.05) is 23.7 Å². The summed E-state index contributed by atoms with van der Waals surface area (Å²) >= 11 is 12.4. The molecule has 0 heterocycles. The number of hydrogen-bond acceptors (Lipinski definition) is 4. The number of nitrogens with one attached hydrogen (secondary N) is 1. The van der Waals surface area contributed by atoms with Gasteiger partial charge >= 0.3 is 0 Å². The normalized spacial score (nSPS) is 12.2. The van der Waals surface area contributed by atoms with E-state index in [9.17, 15) is 18.0 Å². The summed E-state index contributed by atoms with van der Waals surface area (Å²) in [5.41, 5.74) is 3.13. The van der Waals surface area contributed by atoms with E-state index in [1.807, 2.05) is 75.4 Å². The summed E-state index contributed by atoms with van der Waals surface area (Å²) in [6, 6.07) is 21.2. The zero-order valence-corrected chi connectivity index (χ0v) is 26.8. The maximum atomic E-state index is 14.0. The Kier molecular flexibility index (Phi) is 12.3. The molecule has 3 aromatic rings. The topological polar surface area (TPSA) is 86.8 Å². The van der Waals surface area contributed by atoms with Crippen molar-refractivity contribution in [3.05, 3.63) is 99.5 Å². The van der Waals surface area contributed by atoms with Gasteiger partial charge < -0.3 is 10.2 Å². The van der Waals surface area contributed by atoms with Crippen molar-refractivity contribution in [2.45, 2.75) is 52.6 Å². The fraction of sp³-hybridized carbons (Fsp3) is 0.375. The number of nitrogens with zero attached hydrogens (tertiary/aromatic N) is 2. The van der Waals surface area contributed by atoms with E-state index in [1.165, 1.54) is 12.1 Å². The van der Waals surface area contributed by atoms with Gasteiger partial charge in [0.15, 0.2) is 0 Å². The highest BCUT2D eigenvalue weighted by atomic mass is 35.5. The minimum atomic E-state index is -3.71. The number of hydrogen-bond donors (Lipinski definition) is 1. The van der Waals surface area contributed by atoms with Gasteiger partial charge in [-0.25, -0.2) is 8.42 Å². The van der Waals surface area contributed by atoms with Crippen LogP contribution in [0.15, 0.2) is 72.8 Å². The molecule has 42 heavy (non-hydrogen) atoms. The Morgan fingerprint density at radius 2 is 1.62 bits per heavy atom. The SMILES string of the molecule is Cc1ccccc1CN(C(=O)CCCN(c1cc(Cl)ccc1Cl)S(C)(=O)=O)[C@H](Cc1ccccc1)C(=O)NCC(C)C. The number of carbonyl (C=O) groups is 2. The molecule has 0 unspecified atom stereocenters. The highest BCUT2D eigenvalue weighted by Gasteiger charge is 2.31. The molecular formula is C32H39Cl2N3O4S. The van der Waals surface area contributed by atoms with Gasteiger partial charge in [-0.3, -0.25) is 13.9 Å². The summed E-state index contributed by atoms with van der Waals surface area (Å²) in [7, 11) is -3.71. The van der Waals surface area contributed by atoms with Crippen LogP contribution in [0.3, 0.4) is 0 Å². The van der Waals surface area contributed by atoms with Crippen LogP contribution in [0.25, 0.3) is 0 Å². The molecule has 3 rings (SSSR count). The van der Waals surface area contributed by atoms with Crippen molar-refractivity contribution in [1.82, 2.24) is 10.2 Å². The number of rotatable bonds is 14. The van der Waals surface area contributed by atoms with E-state index in [-0.39, 0.29) is 54.4 Å². The molecule has 0 aromatic heterocycles. The van der Waals surface area contributed by atoms with Gasteiger partial charge in [-0.1, -0.05) is 91.6 Å². The number of benzene rings is 3. The molecule has 3 aromatic carbocycles. The largest absolute Gasteiger partial charge is 0.354 e. The third kappa shape index (κ3) is 9.75. The third-order valence-corrected chi connectivity index (χ3v) is 8.62. The van der Waals surface area contributed by atoms with Crippen LogP contribution in [0.4, 0.5) is 5.69 Å². The molecule has 226 valence electrons. The summed E-state index contributed by atoms with van der Waals surface area (Å²) in [6.45, 7) is 6.76. The van der Waals surface area contributed by atoms with Crippen molar-refractivity contribution in [3.63, 3.8) is 0 Å². The molecule has 0 fully saturated rings. The van der Waals surface area contributed by atoms with Crippen molar-refractivity contribution in [2.24, 2.45) is 5.92 Å². The van der Waals surface area contributed by atoms with Gasteiger partial charge in [0.25, 0.3) is 0 Å². The summed E-state index contributed by atoms with van der Waals surface area (Å²) in [4.78, 5) is 29.2. The van der Waals surface area contributed by atoms with Gasteiger partial charge in [-0.15, -0.1) is 0 Å². The summed E-state index contributed by atoms with van der Waals surface area (Å²) in [5.74, 6) is -0.227. The van der Waals surface area contributed by atoms with E-state index < -0.39 is 16.1 Å². The maximum absolute atomic E-state index is 14.0. The minimum Gasteiger partial charge on any atom is -0.354 e. The lowest BCUT2D eigenvalue weighted by Crippen LogP contribution is -2.51. The Labute approximate surface area is 259 Å². The molecule has 10 heteroatoms. The van der Waals surface area contributed by atoms with E-state index in [4.69, 9.17) is 23.2 Å². The average molecular weight is 633 g/mol. The maximum Gasteiger partial charge on any atom is 0.243 e. The molecule has 0 saturated heterocycles. The second-order valence-corrected chi connectivity index (χ2v) is 13.6. The average Bonchev–Trinajstić information content (AvgIpc) is 2.94. The second-order valence-electron chi connectivity index (χ2n) is 10.8. The van der Waals surface area contributed by atoms with Crippen molar-refractivity contribution < 1.29 is 18.0 Å². The number of sulfonamides is 1. The first kappa shape index (κ1) is 33.4. The molecule has 0 spiro atoms. The third-order valence-electron chi connectivity index (χ3n) is 6.89. The fourth-order valence-electron chi connectivity index (χ4n) is 4.61.